The van der Waals surface area contributed by atoms with E-state index in [2.05, 4.69) is 14.6 Å². The number of piperidine rings is 1. The van der Waals surface area contributed by atoms with E-state index in [1.54, 1.807) is 24.9 Å². The number of hydrogen-bond donors (Lipinski definition) is 0. The van der Waals surface area contributed by atoms with Crippen LogP contribution in [0.5, 0.6) is 11.8 Å². The van der Waals surface area contributed by atoms with Crippen LogP contribution in [-0.2, 0) is 21.6 Å². The predicted molar refractivity (Wildman–Crippen MR) is 107 cm³/mol. The third kappa shape index (κ3) is 4.99. The van der Waals surface area contributed by atoms with Crippen molar-refractivity contribution in [3.63, 3.8) is 0 Å². The zero-order chi connectivity index (χ0) is 21.9. The van der Waals surface area contributed by atoms with Gasteiger partial charge in [0.2, 0.25) is 5.88 Å². The molecule has 0 aliphatic carbocycles. The van der Waals surface area contributed by atoms with Gasteiger partial charge in [-0.1, -0.05) is 0 Å². The van der Waals surface area contributed by atoms with Crippen LogP contribution in [0.15, 0.2) is 21.0 Å². The molecule has 0 aromatic carbocycles. The first-order valence-corrected chi connectivity index (χ1v) is 11.4. The minimum atomic E-state index is -2.80. The van der Waals surface area contributed by atoms with Crippen molar-refractivity contribution in [2.24, 2.45) is 11.4 Å². The fourth-order valence-electron chi connectivity index (χ4n) is 3.21. The number of amides is 2. The second-order valence-corrected chi connectivity index (χ2v) is 9.67. The molecule has 2 aromatic heterocycles. The summed E-state index contributed by atoms with van der Waals surface area (Å²) in [6.07, 6.45) is 2.43. The SMILES string of the molecule is COc1cc(C(=O)N=S(C)(=O)C2CCN(C(=O)COc3cc(C)on3)CC2)nn1C. The highest BCUT2D eigenvalue weighted by atomic mass is 32.2. The highest BCUT2D eigenvalue weighted by Crippen LogP contribution is 2.21. The standard InChI is InChI=1S/C18H25N5O6S/c1-12-9-15(20-29-12)28-11-16(24)23-7-5-13(6-8-23)30(4,26)21-18(25)14-10-17(27-3)22(2)19-14/h9-10,13H,5-8,11H2,1-4H3. The monoisotopic (exact) mass is 439 g/mol. The van der Waals surface area contributed by atoms with Crippen LogP contribution in [0.4, 0.5) is 0 Å². The molecule has 1 aliphatic heterocycles. The summed E-state index contributed by atoms with van der Waals surface area (Å²) in [5, 5.41) is 7.42. The Balaban J connectivity index is 1.57. The summed E-state index contributed by atoms with van der Waals surface area (Å²) in [5.41, 5.74) is 0.0804. The van der Waals surface area contributed by atoms with Gasteiger partial charge in [-0.2, -0.15) is 9.46 Å². The van der Waals surface area contributed by atoms with E-state index in [0.29, 0.717) is 37.6 Å². The first-order chi connectivity index (χ1) is 14.2. The maximum atomic E-state index is 13.1. The van der Waals surface area contributed by atoms with E-state index >= 15 is 0 Å². The summed E-state index contributed by atoms with van der Waals surface area (Å²) in [7, 11) is 0.310. The van der Waals surface area contributed by atoms with Gasteiger partial charge < -0.3 is 18.9 Å². The molecule has 12 heteroatoms. The van der Waals surface area contributed by atoms with Gasteiger partial charge in [0.25, 0.3) is 11.8 Å². The topological polar surface area (TPSA) is 129 Å². The first-order valence-electron chi connectivity index (χ1n) is 9.37. The Morgan fingerprint density at radius 2 is 2.03 bits per heavy atom. The third-order valence-corrected chi connectivity index (χ3v) is 7.13. The summed E-state index contributed by atoms with van der Waals surface area (Å²) < 4.78 is 33.7. The number of hydrogen-bond acceptors (Lipinski definition) is 8. The van der Waals surface area contributed by atoms with Crippen LogP contribution in [-0.4, -0.2) is 74.2 Å². The Hall–Kier alpha value is -2.89. The van der Waals surface area contributed by atoms with E-state index in [9.17, 15) is 13.8 Å². The molecular weight excluding hydrogens is 414 g/mol. The fourth-order valence-corrected chi connectivity index (χ4v) is 4.87. The summed E-state index contributed by atoms with van der Waals surface area (Å²) in [6, 6.07) is 3.06. The number of carbonyl (C=O) groups excluding carboxylic acids is 2. The highest BCUT2D eigenvalue weighted by molar-refractivity contribution is 7.93. The molecule has 3 heterocycles. The normalized spacial score (nSPS) is 16.7. The molecule has 3 rings (SSSR count). The Bertz CT molecular complexity index is 1040. The Morgan fingerprint density at radius 1 is 1.33 bits per heavy atom. The molecule has 0 radical (unpaired) electrons. The average Bonchev–Trinajstić information content (AvgIpc) is 3.31. The lowest BCUT2D eigenvalue weighted by Gasteiger charge is -2.32. The fraction of sp³-hybridized carbons (Fsp3) is 0.556. The van der Waals surface area contributed by atoms with Crippen molar-refractivity contribution in [2.45, 2.75) is 25.0 Å². The minimum Gasteiger partial charge on any atom is -0.481 e. The first kappa shape index (κ1) is 21.8. The number of nitrogens with zero attached hydrogens (tertiary/aromatic N) is 5. The number of methoxy groups -OCH3 is 1. The molecule has 1 fully saturated rings. The van der Waals surface area contributed by atoms with Crippen LogP contribution in [0.2, 0.25) is 0 Å². The number of aryl methyl sites for hydroxylation is 2. The van der Waals surface area contributed by atoms with Crippen LogP contribution in [0.1, 0.15) is 29.1 Å². The van der Waals surface area contributed by atoms with Crippen LogP contribution >= 0.6 is 0 Å². The maximum Gasteiger partial charge on any atom is 0.305 e. The van der Waals surface area contributed by atoms with Crippen molar-refractivity contribution >= 4 is 21.5 Å². The van der Waals surface area contributed by atoms with Gasteiger partial charge in [-0.05, 0) is 24.9 Å². The second kappa shape index (κ2) is 8.86. The molecule has 2 amide bonds. The number of likely N-dealkylation sites (tertiary alicyclic amines) is 1. The van der Waals surface area contributed by atoms with Crippen LogP contribution in [0, 0.1) is 6.92 Å². The summed E-state index contributed by atoms with van der Waals surface area (Å²) in [4.78, 5) is 26.4. The molecule has 164 valence electrons. The molecule has 1 atom stereocenters. The molecule has 0 bridgehead atoms. The van der Waals surface area contributed by atoms with E-state index in [0.717, 1.165) is 0 Å². The predicted octanol–water partition coefficient (Wildman–Crippen LogP) is 1.03. The lowest BCUT2D eigenvalue weighted by molar-refractivity contribution is -0.134. The van der Waals surface area contributed by atoms with Gasteiger partial charge in [0, 0.05) is 43.8 Å². The molecule has 0 spiro atoms. The van der Waals surface area contributed by atoms with Crippen molar-refractivity contribution in [1.29, 1.82) is 0 Å². The van der Waals surface area contributed by atoms with Crippen molar-refractivity contribution in [3.8, 4) is 11.8 Å². The van der Waals surface area contributed by atoms with Gasteiger partial charge in [0.1, 0.15) is 5.76 Å². The Kier molecular flexibility index (Phi) is 6.44. The van der Waals surface area contributed by atoms with Gasteiger partial charge >= 0.3 is 5.91 Å². The van der Waals surface area contributed by atoms with Gasteiger partial charge in [-0.3, -0.25) is 9.59 Å². The summed E-state index contributed by atoms with van der Waals surface area (Å²) in [5.74, 6) is 0.432. The van der Waals surface area contributed by atoms with E-state index in [1.165, 1.54) is 24.1 Å². The number of ether oxygens (including phenoxy) is 2. The van der Waals surface area contributed by atoms with Crippen molar-refractivity contribution in [3.05, 3.63) is 23.6 Å². The quantitative estimate of drug-likeness (QED) is 0.653. The number of carbonyl (C=O) groups is 2. The van der Waals surface area contributed by atoms with E-state index in [-0.39, 0.29) is 29.3 Å². The molecule has 1 saturated heterocycles. The van der Waals surface area contributed by atoms with Crippen LogP contribution in [0.3, 0.4) is 0 Å². The Labute approximate surface area is 174 Å². The van der Waals surface area contributed by atoms with Crippen LogP contribution < -0.4 is 9.47 Å². The van der Waals surface area contributed by atoms with E-state index in [1.807, 2.05) is 0 Å². The second-order valence-electron chi connectivity index (χ2n) is 7.10. The molecule has 30 heavy (non-hydrogen) atoms. The highest BCUT2D eigenvalue weighted by Gasteiger charge is 2.29. The largest absolute Gasteiger partial charge is 0.481 e. The zero-order valence-corrected chi connectivity index (χ0v) is 18.2. The smallest absolute Gasteiger partial charge is 0.305 e. The molecule has 0 N–H and O–H groups in total. The van der Waals surface area contributed by atoms with E-state index in [4.69, 9.17) is 14.0 Å². The van der Waals surface area contributed by atoms with Crippen molar-refractivity contribution < 1.29 is 27.8 Å². The lowest BCUT2D eigenvalue weighted by atomic mass is 10.1. The molecule has 11 nitrogen and oxygen atoms in total. The van der Waals surface area contributed by atoms with Crippen LogP contribution in [0.25, 0.3) is 0 Å². The third-order valence-electron chi connectivity index (χ3n) is 4.89. The number of aromatic nitrogens is 3. The molecule has 2 aromatic rings. The minimum absolute atomic E-state index is 0.0804. The zero-order valence-electron chi connectivity index (χ0n) is 17.4. The van der Waals surface area contributed by atoms with Crippen molar-refractivity contribution in [1.82, 2.24) is 19.8 Å². The van der Waals surface area contributed by atoms with Crippen molar-refractivity contribution in [2.75, 3.05) is 33.1 Å². The lowest BCUT2D eigenvalue weighted by Crippen LogP contribution is -2.44. The number of rotatable bonds is 6. The maximum absolute atomic E-state index is 13.1. The molecule has 0 saturated carbocycles. The van der Waals surface area contributed by atoms with Gasteiger partial charge in [-0.15, -0.1) is 0 Å². The molecule has 1 unspecified atom stereocenters. The Morgan fingerprint density at radius 3 is 2.60 bits per heavy atom. The summed E-state index contributed by atoms with van der Waals surface area (Å²) >= 11 is 0. The summed E-state index contributed by atoms with van der Waals surface area (Å²) in [6.45, 7) is 2.41. The van der Waals surface area contributed by atoms with E-state index < -0.39 is 15.6 Å². The molecule has 1 aliphatic rings. The molecular formula is C18H25N5O6S. The van der Waals surface area contributed by atoms with Gasteiger partial charge in [0.05, 0.1) is 16.8 Å². The van der Waals surface area contributed by atoms with Gasteiger partial charge in [-0.25, -0.2) is 8.89 Å². The average molecular weight is 439 g/mol. The van der Waals surface area contributed by atoms with Gasteiger partial charge in [0.15, 0.2) is 12.3 Å².